The summed E-state index contributed by atoms with van der Waals surface area (Å²) in [7, 11) is 3.37. The Balaban J connectivity index is 1.76. The lowest BCUT2D eigenvalue weighted by atomic mass is 9.86. The molecule has 0 amide bonds. The smallest absolute Gasteiger partial charge is 0.122 e. The summed E-state index contributed by atoms with van der Waals surface area (Å²) in [5.74, 6) is 2.32. The second-order valence-electron chi connectivity index (χ2n) is 10.8. The molecule has 0 fully saturated rings. The first-order chi connectivity index (χ1) is 18.5. The minimum atomic E-state index is 0.339. The highest BCUT2D eigenvalue weighted by Crippen LogP contribution is 2.37. The van der Waals surface area contributed by atoms with E-state index in [0.29, 0.717) is 30.8 Å². The monoisotopic (exact) mass is 524 g/mol. The van der Waals surface area contributed by atoms with Crippen LogP contribution in [0.25, 0.3) is 0 Å². The fourth-order valence-electron chi connectivity index (χ4n) is 5.57. The molecule has 0 atom stereocenters. The van der Waals surface area contributed by atoms with Crippen molar-refractivity contribution in [2.24, 2.45) is 0 Å². The van der Waals surface area contributed by atoms with Gasteiger partial charge in [0.25, 0.3) is 0 Å². The van der Waals surface area contributed by atoms with Crippen LogP contribution in [0, 0.1) is 41.5 Å². The van der Waals surface area contributed by atoms with E-state index in [2.05, 4.69) is 52.0 Å². The fourth-order valence-corrected chi connectivity index (χ4v) is 5.57. The van der Waals surface area contributed by atoms with Crippen LogP contribution in [0.3, 0.4) is 0 Å². The van der Waals surface area contributed by atoms with Crippen molar-refractivity contribution >= 4 is 0 Å². The minimum Gasteiger partial charge on any atom is -0.507 e. The van der Waals surface area contributed by atoms with Gasteiger partial charge in [-0.2, -0.15) is 0 Å². The molecule has 0 spiro atoms. The molecule has 4 rings (SSSR count). The van der Waals surface area contributed by atoms with Crippen LogP contribution in [-0.2, 0) is 19.3 Å². The first-order valence-electron chi connectivity index (χ1n) is 13.4. The van der Waals surface area contributed by atoms with E-state index in [-0.39, 0.29) is 0 Å². The van der Waals surface area contributed by atoms with E-state index in [1.807, 2.05) is 38.1 Å². The molecule has 4 nitrogen and oxygen atoms in total. The van der Waals surface area contributed by atoms with Crippen LogP contribution in [-0.4, -0.2) is 24.4 Å². The number of phenolic OH excluding ortho intramolecular Hbond substituents is 2. The van der Waals surface area contributed by atoms with Crippen LogP contribution in [0.2, 0.25) is 0 Å². The van der Waals surface area contributed by atoms with Crippen LogP contribution in [0.5, 0.6) is 23.0 Å². The van der Waals surface area contributed by atoms with Gasteiger partial charge in [0.1, 0.15) is 23.0 Å². The molecule has 4 aromatic rings. The molecule has 4 heteroatoms. The molecule has 39 heavy (non-hydrogen) atoms. The molecule has 0 aromatic heterocycles. The second kappa shape index (κ2) is 11.4. The summed E-state index contributed by atoms with van der Waals surface area (Å²) in [6.07, 6.45) is 1.88. The minimum absolute atomic E-state index is 0.339. The molecule has 0 saturated carbocycles. The van der Waals surface area contributed by atoms with Gasteiger partial charge in [0.05, 0.1) is 14.2 Å². The van der Waals surface area contributed by atoms with Crippen molar-refractivity contribution in [2.75, 3.05) is 14.2 Å². The molecular weight excluding hydrogens is 484 g/mol. The molecule has 0 heterocycles. The van der Waals surface area contributed by atoms with Gasteiger partial charge in [-0.3, -0.25) is 0 Å². The summed E-state index contributed by atoms with van der Waals surface area (Å²) in [6, 6.07) is 16.5. The maximum atomic E-state index is 11.1. The molecule has 0 radical (unpaired) electrons. The summed E-state index contributed by atoms with van der Waals surface area (Å²) >= 11 is 0. The number of phenols is 2. The highest BCUT2D eigenvalue weighted by molar-refractivity contribution is 5.57. The van der Waals surface area contributed by atoms with Crippen LogP contribution in [0.15, 0.2) is 48.5 Å². The van der Waals surface area contributed by atoms with Crippen molar-refractivity contribution in [3.63, 3.8) is 0 Å². The lowest BCUT2D eigenvalue weighted by molar-refractivity contribution is 0.409. The largest absolute Gasteiger partial charge is 0.507 e. The first kappa shape index (κ1) is 28.1. The predicted octanol–water partition coefficient (Wildman–Crippen LogP) is 7.74. The van der Waals surface area contributed by atoms with Crippen LogP contribution in [0.4, 0.5) is 0 Å². The van der Waals surface area contributed by atoms with E-state index in [9.17, 15) is 10.2 Å². The zero-order valence-corrected chi connectivity index (χ0v) is 24.5. The zero-order valence-electron chi connectivity index (χ0n) is 24.5. The standard InChI is InChI=1S/C35H40O4/c1-20-9-11-32(38-7)28(13-20)18-30-24(5)26(15-22(3)34(30)36)17-27-16-23(4)35(37)31(25(27)6)19-29-14-21(2)10-12-33(29)39-8/h9-16,36-37H,17-19H2,1-8H3. The summed E-state index contributed by atoms with van der Waals surface area (Å²) in [6.45, 7) is 12.2. The van der Waals surface area contributed by atoms with Crippen molar-refractivity contribution in [1.82, 2.24) is 0 Å². The van der Waals surface area contributed by atoms with Crippen LogP contribution < -0.4 is 9.47 Å². The number of aromatic hydroxyl groups is 2. The maximum absolute atomic E-state index is 11.1. The number of hydrogen-bond donors (Lipinski definition) is 2. The Labute approximate surface area is 232 Å². The Hall–Kier alpha value is -3.92. The summed E-state index contributed by atoms with van der Waals surface area (Å²) in [4.78, 5) is 0. The van der Waals surface area contributed by atoms with Crippen molar-refractivity contribution in [1.29, 1.82) is 0 Å². The molecule has 0 aliphatic carbocycles. The Morgan fingerprint density at radius 1 is 0.513 bits per heavy atom. The van der Waals surface area contributed by atoms with E-state index in [1.165, 1.54) is 11.1 Å². The van der Waals surface area contributed by atoms with Gasteiger partial charge in [-0.05, 0) is 105 Å². The molecule has 0 aliphatic rings. The lowest BCUT2D eigenvalue weighted by Crippen LogP contribution is -2.05. The molecule has 0 bridgehead atoms. The Morgan fingerprint density at radius 3 is 1.26 bits per heavy atom. The normalized spacial score (nSPS) is 11.1. The number of aryl methyl sites for hydroxylation is 4. The molecular formula is C35H40O4. The van der Waals surface area contributed by atoms with Gasteiger partial charge in [-0.25, -0.2) is 0 Å². The van der Waals surface area contributed by atoms with Crippen molar-refractivity contribution in [2.45, 2.75) is 60.8 Å². The average molecular weight is 525 g/mol. The predicted molar refractivity (Wildman–Crippen MR) is 159 cm³/mol. The topological polar surface area (TPSA) is 58.9 Å². The molecule has 2 N–H and O–H groups in total. The van der Waals surface area contributed by atoms with Gasteiger partial charge in [0.15, 0.2) is 0 Å². The SMILES string of the molecule is COc1ccc(C)cc1Cc1c(C)c(Cc2cc(C)c(O)c(Cc3cc(C)ccc3OC)c2C)cc(C)c1O. The summed E-state index contributed by atoms with van der Waals surface area (Å²) < 4.78 is 11.2. The van der Waals surface area contributed by atoms with Gasteiger partial charge in [-0.15, -0.1) is 0 Å². The van der Waals surface area contributed by atoms with Crippen molar-refractivity contribution in [3.8, 4) is 23.0 Å². The highest BCUT2D eigenvalue weighted by atomic mass is 16.5. The molecule has 204 valence electrons. The van der Waals surface area contributed by atoms with Crippen molar-refractivity contribution < 1.29 is 19.7 Å². The number of ether oxygens (including phenoxy) is 2. The van der Waals surface area contributed by atoms with Gasteiger partial charge in [0, 0.05) is 24.0 Å². The third kappa shape index (κ3) is 5.75. The van der Waals surface area contributed by atoms with E-state index in [4.69, 9.17) is 9.47 Å². The maximum Gasteiger partial charge on any atom is 0.122 e. The molecule has 4 aromatic carbocycles. The number of methoxy groups -OCH3 is 2. The van der Waals surface area contributed by atoms with Gasteiger partial charge in [-0.1, -0.05) is 47.5 Å². The fraction of sp³-hybridized carbons (Fsp3) is 0.314. The Kier molecular flexibility index (Phi) is 8.25. The third-order valence-corrected chi connectivity index (χ3v) is 7.96. The Bertz CT molecular complexity index is 1420. The molecule has 0 saturated heterocycles. The second-order valence-corrected chi connectivity index (χ2v) is 10.8. The van der Waals surface area contributed by atoms with Gasteiger partial charge in [0.2, 0.25) is 0 Å². The highest BCUT2D eigenvalue weighted by Gasteiger charge is 2.19. The Morgan fingerprint density at radius 2 is 0.897 bits per heavy atom. The van der Waals surface area contributed by atoms with Gasteiger partial charge < -0.3 is 19.7 Å². The number of rotatable bonds is 8. The van der Waals surface area contributed by atoms with E-state index in [0.717, 1.165) is 67.1 Å². The number of hydrogen-bond acceptors (Lipinski definition) is 4. The average Bonchev–Trinajstić information content (AvgIpc) is 2.90. The number of benzene rings is 4. The molecule has 0 unspecified atom stereocenters. The molecule has 0 aliphatic heterocycles. The first-order valence-corrected chi connectivity index (χ1v) is 13.4. The van der Waals surface area contributed by atoms with Crippen LogP contribution >= 0.6 is 0 Å². The quantitative estimate of drug-likeness (QED) is 0.248. The summed E-state index contributed by atoms with van der Waals surface area (Å²) in [5.41, 5.74) is 12.5. The zero-order chi connectivity index (χ0) is 28.4. The van der Waals surface area contributed by atoms with E-state index >= 15 is 0 Å². The van der Waals surface area contributed by atoms with Gasteiger partial charge >= 0.3 is 0 Å². The van der Waals surface area contributed by atoms with E-state index in [1.54, 1.807) is 14.2 Å². The van der Waals surface area contributed by atoms with E-state index < -0.39 is 0 Å². The summed E-state index contributed by atoms with van der Waals surface area (Å²) in [5, 5.41) is 22.2. The van der Waals surface area contributed by atoms with Crippen molar-refractivity contribution in [3.05, 3.63) is 115 Å². The lowest BCUT2D eigenvalue weighted by Gasteiger charge is -2.20. The van der Waals surface area contributed by atoms with Crippen LogP contribution in [0.1, 0.15) is 66.8 Å². The third-order valence-electron chi connectivity index (χ3n) is 7.96.